The molecule has 1 N–H and O–H groups in total. The number of hydrogen-bond donors (Lipinski definition) is 1. The molecule has 1 heterocycles. The van der Waals surface area contributed by atoms with Gasteiger partial charge in [-0.25, -0.2) is 0 Å². The van der Waals surface area contributed by atoms with Crippen LogP contribution in [0.4, 0.5) is 5.69 Å². The summed E-state index contributed by atoms with van der Waals surface area (Å²) in [6.07, 6.45) is 0. The number of nitrogens with zero attached hydrogens (tertiary/aromatic N) is 2. The minimum atomic E-state index is 0.612. The molecule has 1 saturated heterocycles. The number of piperazine rings is 1. The molecule has 3 heteroatoms. The van der Waals surface area contributed by atoms with Crippen LogP contribution in [0.1, 0.15) is 33.3 Å². The molecule has 0 aliphatic carbocycles. The van der Waals surface area contributed by atoms with E-state index in [1.807, 2.05) is 0 Å². The van der Waals surface area contributed by atoms with E-state index in [0.29, 0.717) is 18.0 Å². The molecule has 0 aromatic heterocycles. The Morgan fingerprint density at radius 1 is 1.10 bits per heavy atom. The van der Waals surface area contributed by atoms with E-state index in [4.69, 9.17) is 0 Å². The van der Waals surface area contributed by atoms with Crippen molar-refractivity contribution in [2.24, 2.45) is 5.92 Å². The molecule has 0 radical (unpaired) electrons. The van der Waals surface area contributed by atoms with Crippen molar-refractivity contribution in [1.82, 2.24) is 10.2 Å². The normalized spacial score (nSPS) is 23.8. The highest BCUT2D eigenvalue weighted by Gasteiger charge is 2.26. The molecular weight excluding hydrogens is 258 g/mol. The Kier molecular flexibility index (Phi) is 5.65. The van der Waals surface area contributed by atoms with E-state index in [2.05, 4.69) is 74.1 Å². The van der Waals surface area contributed by atoms with Crippen LogP contribution in [0, 0.1) is 5.92 Å². The van der Waals surface area contributed by atoms with Crippen molar-refractivity contribution < 1.29 is 0 Å². The Morgan fingerprint density at radius 2 is 1.67 bits per heavy atom. The number of benzene rings is 1. The second kappa shape index (κ2) is 7.28. The van der Waals surface area contributed by atoms with Crippen LogP contribution < -0.4 is 10.2 Å². The lowest BCUT2D eigenvalue weighted by atomic mass is 10.1. The van der Waals surface area contributed by atoms with Crippen LogP contribution in [-0.4, -0.2) is 43.7 Å². The van der Waals surface area contributed by atoms with Gasteiger partial charge in [-0.05, 0) is 51.1 Å². The summed E-state index contributed by atoms with van der Waals surface area (Å²) in [6.45, 7) is 13.4. The topological polar surface area (TPSA) is 18.5 Å². The smallest absolute Gasteiger partial charge is 0.0367 e. The molecule has 118 valence electrons. The second-order valence-electron chi connectivity index (χ2n) is 6.96. The van der Waals surface area contributed by atoms with Gasteiger partial charge in [-0.15, -0.1) is 0 Å². The number of hydrogen-bond acceptors (Lipinski definition) is 3. The number of nitrogens with one attached hydrogen (secondary N) is 1. The molecule has 2 rings (SSSR count). The van der Waals surface area contributed by atoms with Crippen molar-refractivity contribution in [2.45, 2.75) is 46.3 Å². The van der Waals surface area contributed by atoms with Crippen LogP contribution in [-0.2, 0) is 6.54 Å². The summed E-state index contributed by atoms with van der Waals surface area (Å²) in [4.78, 5) is 4.99. The first-order chi connectivity index (χ1) is 9.97. The molecule has 1 fully saturated rings. The van der Waals surface area contributed by atoms with Crippen LogP contribution in [0.5, 0.6) is 0 Å². The maximum atomic E-state index is 3.50. The molecule has 0 amide bonds. The van der Waals surface area contributed by atoms with Crippen molar-refractivity contribution in [2.75, 3.05) is 31.6 Å². The van der Waals surface area contributed by atoms with E-state index in [1.165, 1.54) is 11.3 Å². The summed E-state index contributed by atoms with van der Waals surface area (Å²) in [6, 6.07) is 10.3. The average Bonchev–Trinajstić information content (AvgIpc) is 2.44. The van der Waals surface area contributed by atoms with E-state index in [0.717, 1.165) is 26.2 Å². The monoisotopic (exact) mass is 289 g/mol. The highest BCUT2D eigenvalue weighted by atomic mass is 15.3. The molecule has 21 heavy (non-hydrogen) atoms. The highest BCUT2D eigenvalue weighted by Crippen LogP contribution is 2.21. The van der Waals surface area contributed by atoms with E-state index in [-0.39, 0.29) is 0 Å². The van der Waals surface area contributed by atoms with Crippen LogP contribution in [0.15, 0.2) is 24.3 Å². The van der Waals surface area contributed by atoms with Gasteiger partial charge in [0.05, 0.1) is 0 Å². The van der Waals surface area contributed by atoms with Crippen LogP contribution in [0.3, 0.4) is 0 Å². The summed E-state index contributed by atoms with van der Waals surface area (Å²) in [7, 11) is 2.23. The van der Waals surface area contributed by atoms with Gasteiger partial charge in [0.15, 0.2) is 0 Å². The van der Waals surface area contributed by atoms with E-state index in [1.54, 1.807) is 0 Å². The zero-order valence-electron chi connectivity index (χ0n) is 14.3. The number of likely N-dealkylation sites (N-methyl/N-ethyl adjacent to an activating group) is 1. The predicted molar refractivity (Wildman–Crippen MR) is 91.9 cm³/mol. The largest absolute Gasteiger partial charge is 0.368 e. The van der Waals surface area contributed by atoms with Crippen LogP contribution >= 0.6 is 0 Å². The van der Waals surface area contributed by atoms with E-state index in [9.17, 15) is 0 Å². The minimum absolute atomic E-state index is 0.612. The molecule has 3 nitrogen and oxygen atoms in total. The maximum Gasteiger partial charge on any atom is 0.0367 e. The van der Waals surface area contributed by atoms with Crippen molar-refractivity contribution in [3.63, 3.8) is 0 Å². The fourth-order valence-corrected chi connectivity index (χ4v) is 2.95. The molecule has 0 saturated carbocycles. The summed E-state index contributed by atoms with van der Waals surface area (Å²) in [5, 5.41) is 3.50. The Morgan fingerprint density at radius 3 is 2.19 bits per heavy atom. The summed E-state index contributed by atoms with van der Waals surface area (Å²) in [5.41, 5.74) is 2.73. The van der Waals surface area contributed by atoms with Crippen molar-refractivity contribution in [3.05, 3.63) is 29.8 Å². The van der Waals surface area contributed by atoms with Crippen molar-refractivity contribution in [3.8, 4) is 0 Å². The molecule has 2 atom stereocenters. The lowest BCUT2D eigenvalue weighted by Crippen LogP contribution is -2.55. The zero-order valence-corrected chi connectivity index (χ0v) is 14.3. The first-order valence-corrected chi connectivity index (χ1v) is 8.24. The Labute approximate surface area is 130 Å². The lowest BCUT2D eigenvalue weighted by molar-refractivity contribution is 0.170. The molecular formula is C18H31N3. The molecule has 1 aliphatic heterocycles. The number of rotatable bonds is 5. The zero-order chi connectivity index (χ0) is 15.4. The Bertz CT molecular complexity index is 415. The molecule has 1 aliphatic rings. The Balaban J connectivity index is 1.92. The third-order valence-corrected chi connectivity index (χ3v) is 4.54. The predicted octanol–water partition coefficient (Wildman–Crippen LogP) is 2.96. The van der Waals surface area contributed by atoms with Gasteiger partial charge >= 0.3 is 0 Å². The first kappa shape index (κ1) is 16.3. The molecule has 1 aromatic carbocycles. The Hall–Kier alpha value is -1.06. The van der Waals surface area contributed by atoms with Gasteiger partial charge in [-0.3, -0.25) is 4.90 Å². The van der Waals surface area contributed by atoms with E-state index >= 15 is 0 Å². The fraction of sp³-hybridized carbons (Fsp3) is 0.667. The standard InChI is InChI=1S/C18H31N3/c1-14(2)10-19-11-17-6-8-18(9-7-17)21-12-15(3)20(5)16(4)13-21/h6-9,14-16,19H,10-13H2,1-5H3. The van der Waals surface area contributed by atoms with Gasteiger partial charge in [0.1, 0.15) is 0 Å². The quantitative estimate of drug-likeness (QED) is 0.899. The van der Waals surface area contributed by atoms with Crippen LogP contribution in [0.2, 0.25) is 0 Å². The minimum Gasteiger partial charge on any atom is -0.368 e. The maximum absolute atomic E-state index is 3.50. The first-order valence-electron chi connectivity index (χ1n) is 8.24. The molecule has 0 spiro atoms. The summed E-state index contributed by atoms with van der Waals surface area (Å²) in [5.74, 6) is 0.706. The third kappa shape index (κ3) is 4.45. The average molecular weight is 289 g/mol. The van der Waals surface area contributed by atoms with E-state index < -0.39 is 0 Å². The SMILES string of the molecule is CC(C)CNCc1ccc(N2CC(C)N(C)C(C)C2)cc1. The molecule has 1 aromatic rings. The molecule has 0 bridgehead atoms. The summed E-state index contributed by atoms with van der Waals surface area (Å²) < 4.78 is 0. The third-order valence-electron chi connectivity index (χ3n) is 4.54. The van der Waals surface area contributed by atoms with Crippen LogP contribution in [0.25, 0.3) is 0 Å². The summed E-state index contributed by atoms with van der Waals surface area (Å²) >= 11 is 0. The van der Waals surface area contributed by atoms with Gasteiger partial charge in [0.25, 0.3) is 0 Å². The van der Waals surface area contributed by atoms with Gasteiger partial charge in [-0.2, -0.15) is 0 Å². The number of anilines is 1. The highest BCUT2D eigenvalue weighted by molar-refractivity contribution is 5.48. The van der Waals surface area contributed by atoms with Gasteiger partial charge in [-0.1, -0.05) is 26.0 Å². The molecule has 2 unspecified atom stereocenters. The van der Waals surface area contributed by atoms with Gasteiger partial charge in [0.2, 0.25) is 0 Å². The second-order valence-corrected chi connectivity index (χ2v) is 6.96. The van der Waals surface area contributed by atoms with Gasteiger partial charge in [0, 0.05) is 37.4 Å². The lowest BCUT2D eigenvalue weighted by Gasteiger charge is -2.43. The van der Waals surface area contributed by atoms with Crippen molar-refractivity contribution >= 4 is 5.69 Å². The van der Waals surface area contributed by atoms with Crippen molar-refractivity contribution in [1.29, 1.82) is 0 Å². The fourth-order valence-electron chi connectivity index (χ4n) is 2.95. The van der Waals surface area contributed by atoms with Gasteiger partial charge < -0.3 is 10.2 Å².